The standard InChI is InChI=1S/C15H14ClN3O/c1-2-10(7-8-17)19-15(20)13-9-18-14(16)12-6-4-3-5-11(12)13/h3-6,9-10H,2,7H2,1H3,(H,19,20). The molecule has 20 heavy (non-hydrogen) atoms. The lowest BCUT2D eigenvalue weighted by atomic mass is 10.1. The molecule has 1 aromatic carbocycles. The first-order valence-electron chi connectivity index (χ1n) is 6.38. The van der Waals surface area contributed by atoms with Gasteiger partial charge in [0, 0.05) is 17.6 Å². The molecule has 1 amide bonds. The molecule has 0 aliphatic heterocycles. The maximum atomic E-state index is 12.3. The highest BCUT2D eigenvalue weighted by atomic mass is 35.5. The van der Waals surface area contributed by atoms with Crippen molar-refractivity contribution in [3.63, 3.8) is 0 Å². The highest BCUT2D eigenvalue weighted by molar-refractivity contribution is 6.34. The highest BCUT2D eigenvalue weighted by Crippen LogP contribution is 2.24. The molecule has 0 aliphatic carbocycles. The Bertz CT molecular complexity index is 678. The molecule has 1 N–H and O–H groups in total. The van der Waals surface area contributed by atoms with Crippen LogP contribution in [0.15, 0.2) is 30.5 Å². The van der Waals surface area contributed by atoms with Gasteiger partial charge in [0.25, 0.3) is 5.91 Å². The van der Waals surface area contributed by atoms with Crippen molar-refractivity contribution < 1.29 is 4.79 Å². The van der Waals surface area contributed by atoms with E-state index in [2.05, 4.69) is 16.4 Å². The van der Waals surface area contributed by atoms with Crippen molar-refractivity contribution >= 4 is 28.3 Å². The Morgan fingerprint density at radius 2 is 2.15 bits per heavy atom. The maximum absolute atomic E-state index is 12.3. The molecule has 1 aromatic heterocycles. The first kappa shape index (κ1) is 14.3. The molecule has 4 nitrogen and oxygen atoms in total. The van der Waals surface area contributed by atoms with E-state index in [-0.39, 0.29) is 11.9 Å². The zero-order chi connectivity index (χ0) is 14.5. The smallest absolute Gasteiger partial charge is 0.253 e. The minimum atomic E-state index is -0.229. The van der Waals surface area contributed by atoms with Crippen LogP contribution in [0, 0.1) is 11.3 Å². The summed E-state index contributed by atoms with van der Waals surface area (Å²) in [7, 11) is 0. The molecule has 0 aliphatic rings. The average molecular weight is 288 g/mol. The second-order valence-corrected chi connectivity index (χ2v) is 4.81. The van der Waals surface area contributed by atoms with Gasteiger partial charge in [-0.25, -0.2) is 4.98 Å². The zero-order valence-corrected chi connectivity index (χ0v) is 11.8. The number of aromatic nitrogens is 1. The van der Waals surface area contributed by atoms with Gasteiger partial charge in [0.05, 0.1) is 18.1 Å². The zero-order valence-electron chi connectivity index (χ0n) is 11.1. The van der Waals surface area contributed by atoms with E-state index in [1.165, 1.54) is 6.20 Å². The second-order valence-electron chi connectivity index (χ2n) is 4.45. The average Bonchev–Trinajstić information content (AvgIpc) is 2.47. The highest BCUT2D eigenvalue weighted by Gasteiger charge is 2.15. The lowest BCUT2D eigenvalue weighted by Crippen LogP contribution is -2.34. The Morgan fingerprint density at radius 3 is 2.80 bits per heavy atom. The topological polar surface area (TPSA) is 65.8 Å². The van der Waals surface area contributed by atoms with Gasteiger partial charge in [-0.05, 0) is 11.8 Å². The fourth-order valence-corrected chi connectivity index (χ4v) is 2.22. The van der Waals surface area contributed by atoms with Gasteiger partial charge in [-0.1, -0.05) is 42.8 Å². The number of hydrogen-bond donors (Lipinski definition) is 1. The minimum absolute atomic E-state index is 0.151. The summed E-state index contributed by atoms with van der Waals surface area (Å²) in [6.45, 7) is 1.93. The Labute approximate surface area is 122 Å². The molecule has 0 radical (unpaired) electrons. The Balaban J connectivity index is 2.36. The SMILES string of the molecule is CCC(CC#N)NC(=O)c1cnc(Cl)c2ccccc12. The molecule has 2 aromatic rings. The number of nitrogens with zero attached hydrogens (tertiary/aromatic N) is 2. The number of pyridine rings is 1. The van der Waals surface area contributed by atoms with Crippen molar-refractivity contribution in [1.29, 1.82) is 5.26 Å². The predicted octanol–water partition coefficient (Wildman–Crippen LogP) is 3.31. The van der Waals surface area contributed by atoms with Gasteiger partial charge in [-0.2, -0.15) is 5.26 Å². The van der Waals surface area contributed by atoms with Crippen LogP contribution < -0.4 is 5.32 Å². The van der Waals surface area contributed by atoms with Crippen LogP contribution in [0.1, 0.15) is 30.1 Å². The van der Waals surface area contributed by atoms with Crippen molar-refractivity contribution in [2.75, 3.05) is 0 Å². The molecule has 0 spiro atoms. The second kappa shape index (κ2) is 6.36. The third-order valence-corrected chi connectivity index (χ3v) is 3.46. The Morgan fingerprint density at radius 1 is 1.45 bits per heavy atom. The third-order valence-electron chi connectivity index (χ3n) is 3.16. The monoisotopic (exact) mass is 287 g/mol. The first-order valence-corrected chi connectivity index (χ1v) is 6.76. The summed E-state index contributed by atoms with van der Waals surface area (Å²) in [4.78, 5) is 16.4. The van der Waals surface area contributed by atoms with Crippen LogP contribution >= 0.6 is 11.6 Å². The summed E-state index contributed by atoms with van der Waals surface area (Å²) in [6, 6.07) is 9.28. The van der Waals surface area contributed by atoms with Crippen LogP contribution in [-0.4, -0.2) is 16.9 Å². The number of rotatable bonds is 4. The number of carbonyl (C=O) groups is 1. The van der Waals surface area contributed by atoms with E-state index in [4.69, 9.17) is 16.9 Å². The van der Waals surface area contributed by atoms with Crippen LogP contribution in [0.2, 0.25) is 5.15 Å². The summed E-state index contributed by atoms with van der Waals surface area (Å²) in [5.41, 5.74) is 0.474. The van der Waals surface area contributed by atoms with Crippen molar-refractivity contribution in [3.8, 4) is 6.07 Å². The number of halogens is 1. The van der Waals surface area contributed by atoms with Crippen LogP contribution in [0.3, 0.4) is 0 Å². The van der Waals surface area contributed by atoms with E-state index < -0.39 is 0 Å². The van der Waals surface area contributed by atoms with Gasteiger partial charge < -0.3 is 5.32 Å². The van der Waals surface area contributed by atoms with Gasteiger partial charge in [0.2, 0.25) is 0 Å². The number of carbonyl (C=O) groups excluding carboxylic acids is 1. The summed E-state index contributed by atoms with van der Waals surface area (Å²) in [5, 5.41) is 13.5. The number of amides is 1. The maximum Gasteiger partial charge on any atom is 0.253 e. The molecular formula is C15H14ClN3O. The molecule has 0 saturated heterocycles. The number of benzene rings is 1. The van der Waals surface area contributed by atoms with Crippen molar-refractivity contribution in [2.45, 2.75) is 25.8 Å². The molecule has 1 atom stereocenters. The lowest BCUT2D eigenvalue weighted by Gasteiger charge is -2.14. The summed E-state index contributed by atoms with van der Waals surface area (Å²) in [6.07, 6.45) is 2.47. The van der Waals surface area contributed by atoms with Crippen molar-refractivity contribution in [2.24, 2.45) is 0 Å². The number of nitriles is 1. The Hall–Kier alpha value is -2.12. The van der Waals surface area contributed by atoms with Crippen molar-refractivity contribution in [3.05, 3.63) is 41.2 Å². The fraction of sp³-hybridized carbons (Fsp3) is 0.267. The third kappa shape index (κ3) is 2.89. The van der Waals surface area contributed by atoms with E-state index in [1.807, 2.05) is 31.2 Å². The number of fused-ring (bicyclic) bond motifs is 1. The molecule has 1 heterocycles. The number of hydrogen-bond acceptors (Lipinski definition) is 3. The number of nitrogens with one attached hydrogen (secondary N) is 1. The van der Waals surface area contributed by atoms with Crippen LogP contribution in [-0.2, 0) is 0 Å². The van der Waals surface area contributed by atoms with Crippen LogP contribution in [0.4, 0.5) is 0 Å². The largest absolute Gasteiger partial charge is 0.348 e. The van der Waals surface area contributed by atoms with E-state index in [1.54, 1.807) is 0 Å². The van der Waals surface area contributed by atoms with Gasteiger partial charge in [-0.3, -0.25) is 4.79 Å². The quantitative estimate of drug-likeness (QED) is 0.877. The Kier molecular flexibility index (Phi) is 4.54. The molecule has 102 valence electrons. The lowest BCUT2D eigenvalue weighted by molar-refractivity contribution is 0.0938. The molecule has 1 unspecified atom stereocenters. The molecule has 0 fully saturated rings. The summed E-state index contributed by atoms with van der Waals surface area (Å²) in [5.74, 6) is -0.229. The molecule has 0 saturated carbocycles. The molecular weight excluding hydrogens is 274 g/mol. The minimum Gasteiger partial charge on any atom is -0.348 e. The van der Waals surface area contributed by atoms with E-state index in [9.17, 15) is 4.79 Å². The van der Waals surface area contributed by atoms with Crippen LogP contribution in [0.25, 0.3) is 10.8 Å². The van der Waals surface area contributed by atoms with E-state index >= 15 is 0 Å². The predicted molar refractivity (Wildman–Crippen MR) is 78.5 cm³/mol. The van der Waals surface area contributed by atoms with E-state index in [0.29, 0.717) is 23.6 Å². The fourth-order valence-electron chi connectivity index (χ4n) is 2.01. The van der Waals surface area contributed by atoms with Crippen LogP contribution in [0.5, 0.6) is 0 Å². The molecule has 2 rings (SSSR count). The van der Waals surface area contributed by atoms with Crippen molar-refractivity contribution in [1.82, 2.24) is 10.3 Å². The molecule has 0 bridgehead atoms. The van der Waals surface area contributed by atoms with Gasteiger partial charge in [0.1, 0.15) is 5.15 Å². The van der Waals surface area contributed by atoms with Gasteiger partial charge >= 0.3 is 0 Å². The normalized spacial score (nSPS) is 11.8. The molecule has 5 heteroatoms. The first-order chi connectivity index (χ1) is 9.67. The van der Waals surface area contributed by atoms with Gasteiger partial charge in [0.15, 0.2) is 0 Å². The summed E-state index contributed by atoms with van der Waals surface area (Å²) < 4.78 is 0. The van der Waals surface area contributed by atoms with Gasteiger partial charge in [-0.15, -0.1) is 0 Å². The summed E-state index contributed by atoms with van der Waals surface area (Å²) >= 11 is 6.03. The van der Waals surface area contributed by atoms with E-state index in [0.717, 1.165) is 10.8 Å².